The minimum Gasteiger partial charge on any atom is -0.296 e. The first-order chi connectivity index (χ1) is 12.0. The van der Waals surface area contributed by atoms with Crippen LogP contribution in [0, 0.1) is 11.3 Å². The molecule has 0 atom stereocenters. The zero-order valence-corrected chi connectivity index (χ0v) is 15.2. The molecule has 0 amide bonds. The average molecular weight is 376 g/mol. The van der Waals surface area contributed by atoms with E-state index < -0.39 is 10.0 Å². The van der Waals surface area contributed by atoms with Gasteiger partial charge in [0.2, 0.25) is 10.0 Å². The molecule has 0 aromatic heterocycles. The molecule has 0 unspecified atom stereocenters. The van der Waals surface area contributed by atoms with Gasteiger partial charge in [-0.15, -0.1) is 0 Å². The molecule has 0 radical (unpaired) electrons. The van der Waals surface area contributed by atoms with Crippen molar-refractivity contribution in [1.82, 2.24) is 9.21 Å². The zero-order valence-electron chi connectivity index (χ0n) is 13.6. The fraction of sp³-hybridized carbons (Fsp3) is 0.278. The highest BCUT2D eigenvalue weighted by molar-refractivity contribution is 7.89. The summed E-state index contributed by atoms with van der Waals surface area (Å²) >= 11 is 6.05. The van der Waals surface area contributed by atoms with Crippen molar-refractivity contribution < 1.29 is 8.42 Å². The summed E-state index contributed by atoms with van der Waals surface area (Å²) in [5.74, 6) is 0. The van der Waals surface area contributed by atoms with Crippen molar-refractivity contribution in [1.29, 1.82) is 5.26 Å². The number of hydrogen-bond donors (Lipinski definition) is 0. The summed E-state index contributed by atoms with van der Waals surface area (Å²) in [7, 11) is -3.58. The molecule has 2 aromatic rings. The number of halogens is 1. The number of hydrogen-bond acceptors (Lipinski definition) is 4. The molecule has 3 rings (SSSR count). The van der Waals surface area contributed by atoms with Gasteiger partial charge in [0.1, 0.15) is 4.90 Å². The van der Waals surface area contributed by atoms with Gasteiger partial charge in [-0.2, -0.15) is 9.57 Å². The molecule has 0 saturated carbocycles. The SMILES string of the molecule is N#Cc1ccccc1CN1CCN(S(=O)(=O)c2ccccc2Cl)CC1. The fourth-order valence-electron chi connectivity index (χ4n) is 2.93. The van der Waals surface area contributed by atoms with E-state index in [1.807, 2.05) is 18.2 Å². The van der Waals surface area contributed by atoms with Crippen molar-refractivity contribution in [2.45, 2.75) is 11.4 Å². The largest absolute Gasteiger partial charge is 0.296 e. The molecule has 2 aromatic carbocycles. The predicted octanol–water partition coefficient (Wildman–Crippen LogP) is 2.72. The standard InChI is InChI=1S/C18H18ClN3O2S/c19-17-7-3-4-8-18(17)25(23,24)22-11-9-21(10-12-22)14-16-6-2-1-5-15(16)13-20/h1-8H,9-12,14H2. The van der Waals surface area contributed by atoms with Crippen LogP contribution in [0.25, 0.3) is 0 Å². The number of nitrogens with zero attached hydrogens (tertiary/aromatic N) is 3. The summed E-state index contributed by atoms with van der Waals surface area (Å²) in [6.07, 6.45) is 0. The lowest BCUT2D eigenvalue weighted by atomic mass is 10.1. The molecule has 1 aliphatic heterocycles. The van der Waals surface area contributed by atoms with Gasteiger partial charge in [-0.25, -0.2) is 8.42 Å². The molecule has 0 bridgehead atoms. The zero-order chi connectivity index (χ0) is 17.9. The van der Waals surface area contributed by atoms with Gasteiger partial charge < -0.3 is 0 Å². The van der Waals surface area contributed by atoms with Crippen LogP contribution in [-0.2, 0) is 16.6 Å². The second-order valence-electron chi connectivity index (χ2n) is 5.88. The Kier molecular flexibility index (Phi) is 5.40. The predicted molar refractivity (Wildman–Crippen MR) is 96.6 cm³/mol. The molecule has 7 heteroatoms. The second-order valence-corrected chi connectivity index (χ2v) is 8.19. The summed E-state index contributed by atoms with van der Waals surface area (Å²) in [5.41, 5.74) is 1.63. The molecular weight excluding hydrogens is 358 g/mol. The maximum Gasteiger partial charge on any atom is 0.244 e. The van der Waals surface area contributed by atoms with Crippen molar-refractivity contribution in [2.75, 3.05) is 26.2 Å². The normalized spacial score (nSPS) is 16.5. The Morgan fingerprint density at radius 3 is 2.32 bits per heavy atom. The number of piperazine rings is 1. The maximum atomic E-state index is 12.8. The van der Waals surface area contributed by atoms with Gasteiger partial charge in [-0.3, -0.25) is 4.90 Å². The third-order valence-corrected chi connectivity index (χ3v) is 6.72. The topological polar surface area (TPSA) is 64.4 Å². The van der Waals surface area contributed by atoms with Gasteiger partial charge in [0.05, 0.1) is 16.7 Å². The van der Waals surface area contributed by atoms with E-state index in [4.69, 9.17) is 11.6 Å². The van der Waals surface area contributed by atoms with E-state index in [0.717, 1.165) is 5.56 Å². The van der Waals surface area contributed by atoms with Crippen LogP contribution in [0.2, 0.25) is 5.02 Å². The van der Waals surface area contributed by atoms with Crippen LogP contribution in [0.4, 0.5) is 0 Å². The number of sulfonamides is 1. The van der Waals surface area contributed by atoms with E-state index in [0.29, 0.717) is 38.3 Å². The summed E-state index contributed by atoms with van der Waals surface area (Å²) in [6.45, 7) is 2.68. The molecule has 0 spiro atoms. The van der Waals surface area contributed by atoms with Crippen molar-refractivity contribution in [3.05, 3.63) is 64.7 Å². The minimum atomic E-state index is -3.58. The van der Waals surface area contributed by atoms with Crippen LogP contribution in [0.1, 0.15) is 11.1 Å². The van der Waals surface area contributed by atoms with Gasteiger partial charge in [0.25, 0.3) is 0 Å². The van der Waals surface area contributed by atoms with Gasteiger partial charge in [0.15, 0.2) is 0 Å². The Hall–Kier alpha value is -1.91. The lowest BCUT2D eigenvalue weighted by Crippen LogP contribution is -2.48. The molecule has 1 saturated heterocycles. The average Bonchev–Trinajstić information content (AvgIpc) is 2.63. The quantitative estimate of drug-likeness (QED) is 0.824. The van der Waals surface area contributed by atoms with E-state index in [9.17, 15) is 13.7 Å². The molecule has 0 aliphatic carbocycles. The third kappa shape index (κ3) is 3.86. The fourth-order valence-corrected chi connectivity index (χ4v) is 4.84. The van der Waals surface area contributed by atoms with E-state index in [1.165, 1.54) is 10.4 Å². The lowest BCUT2D eigenvalue weighted by Gasteiger charge is -2.34. The van der Waals surface area contributed by atoms with Crippen LogP contribution in [-0.4, -0.2) is 43.8 Å². The van der Waals surface area contributed by atoms with E-state index in [1.54, 1.807) is 24.3 Å². The van der Waals surface area contributed by atoms with Crippen molar-refractivity contribution >= 4 is 21.6 Å². The first-order valence-electron chi connectivity index (χ1n) is 7.97. The molecule has 5 nitrogen and oxygen atoms in total. The first-order valence-corrected chi connectivity index (χ1v) is 9.79. The molecule has 0 N–H and O–H groups in total. The summed E-state index contributed by atoms with van der Waals surface area (Å²) in [4.78, 5) is 2.31. The summed E-state index contributed by atoms with van der Waals surface area (Å²) in [6, 6.07) is 16.2. The number of nitriles is 1. The highest BCUT2D eigenvalue weighted by atomic mass is 35.5. The van der Waals surface area contributed by atoms with Gasteiger partial charge in [-0.05, 0) is 23.8 Å². The Labute approximate surface area is 153 Å². The van der Waals surface area contributed by atoms with Crippen molar-refractivity contribution in [2.24, 2.45) is 0 Å². The lowest BCUT2D eigenvalue weighted by molar-refractivity contribution is 0.181. The van der Waals surface area contributed by atoms with Crippen LogP contribution in [0.5, 0.6) is 0 Å². The van der Waals surface area contributed by atoms with Gasteiger partial charge >= 0.3 is 0 Å². The minimum absolute atomic E-state index is 0.153. The highest BCUT2D eigenvalue weighted by Crippen LogP contribution is 2.25. The van der Waals surface area contributed by atoms with E-state index in [-0.39, 0.29) is 9.92 Å². The van der Waals surface area contributed by atoms with E-state index >= 15 is 0 Å². The molecule has 1 fully saturated rings. The highest BCUT2D eigenvalue weighted by Gasteiger charge is 2.29. The first kappa shape index (κ1) is 17.9. The van der Waals surface area contributed by atoms with Crippen LogP contribution >= 0.6 is 11.6 Å². The number of rotatable bonds is 4. The third-order valence-electron chi connectivity index (χ3n) is 4.32. The van der Waals surface area contributed by atoms with Crippen LogP contribution in [0.15, 0.2) is 53.4 Å². The molecule has 1 aliphatic rings. The van der Waals surface area contributed by atoms with Gasteiger partial charge in [-0.1, -0.05) is 41.9 Å². The smallest absolute Gasteiger partial charge is 0.244 e. The Balaban J connectivity index is 1.68. The molecule has 130 valence electrons. The summed E-state index contributed by atoms with van der Waals surface area (Å²) in [5, 5.41) is 9.42. The monoisotopic (exact) mass is 375 g/mol. The molecule has 25 heavy (non-hydrogen) atoms. The Morgan fingerprint density at radius 2 is 1.64 bits per heavy atom. The number of benzene rings is 2. The van der Waals surface area contributed by atoms with E-state index in [2.05, 4.69) is 11.0 Å². The molecular formula is C18H18ClN3O2S. The van der Waals surface area contributed by atoms with Crippen LogP contribution < -0.4 is 0 Å². The maximum absolute atomic E-state index is 12.8. The second kappa shape index (κ2) is 7.54. The molecule has 1 heterocycles. The Morgan fingerprint density at radius 1 is 1.00 bits per heavy atom. The summed E-state index contributed by atoms with van der Waals surface area (Å²) < 4.78 is 27.0. The van der Waals surface area contributed by atoms with Crippen LogP contribution in [0.3, 0.4) is 0 Å². The van der Waals surface area contributed by atoms with Gasteiger partial charge in [0, 0.05) is 32.7 Å². The Bertz CT molecular complexity index is 901. The van der Waals surface area contributed by atoms with Crippen molar-refractivity contribution in [3.63, 3.8) is 0 Å². The van der Waals surface area contributed by atoms with Crippen molar-refractivity contribution in [3.8, 4) is 6.07 Å².